The number of benzene rings is 1. The first-order chi connectivity index (χ1) is 10.8. The molecule has 4 rings (SSSR count). The van der Waals surface area contributed by atoms with Crippen LogP contribution in [0.5, 0.6) is 0 Å². The zero-order chi connectivity index (χ0) is 14.9. The van der Waals surface area contributed by atoms with Gasteiger partial charge in [-0.05, 0) is 36.4 Å². The van der Waals surface area contributed by atoms with Gasteiger partial charge in [0.25, 0.3) is 0 Å². The Hall–Kier alpha value is -3.14. The molecule has 0 unspecified atom stereocenters. The number of anilines is 1. The van der Waals surface area contributed by atoms with Crippen molar-refractivity contribution >= 4 is 16.6 Å². The van der Waals surface area contributed by atoms with Crippen molar-refractivity contribution in [3.63, 3.8) is 0 Å². The fourth-order valence-electron chi connectivity index (χ4n) is 2.73. The van der Waals surface area contributed by atoms with E-state index in [1.54, 1.807) is 12.4 Å². The van der Waals surface area contributed by atoms with E-state index in [0.717, 1.165) is 33.5 Å². The summed E-state index contributed by atoms with van der Waals surface area (Å²) in [6.07, 6.45) is 7.31. The van der Waals surface area contributed by atoms with Gasteiger partial charge in [-0.1, -0.05) is 12.1 Å². The Labute approximate surface area is 127 Å². The molecule has 4 nitrogen and oxygen atoms in total. The highest BCUT2D eigenvalue weighted by atomic mass is 15.0. The molecule has 2 N–H and O–H groups in total. The van der Waals surface area contributed by atoms with Gasteiger partial charge in [0.1, 0.15) is 0 Å². The molecule has 4 aromatic rings. The lowest BCUT2D eigenvalue weighted by Crippen LogP contribution is -1.97. The summed E-state index contributed by atoms with van der Waals surface area (Å²) in [5.74, 6) is 0. The largest absolute Gasteiger partial charge is 0.399 e. The Bertz CT molecular complexity index is 942. The highest BCUT2D eigenvalue weighted by molar-refractivity contribution is 5.88. The monoisotopic (exact) mass is 286 g/mol. The normalized spacial score (nSPS) is 10.9. The highest BCUT2D eigenvalue weighted by Gasteiger charge is 2.12. The smallest absolute Gasteiger partial charge is 0.0645 e. The van der Waals surface area contributed by atoms with Crippen molar-refractivity contribution in [3.8, 4) is 16.9 Å². The molecule has 22 heavy (non-hydrogen) atoms. The molecule has 0 saturated carbocycles. The molecule has 0 aliphatic carbocycles. The van der Waals surface area contributed by atoms with E-state index in [0.29, 0.717) is 0 Å². The molecule has 0 atom stereocenters. The molecule has 0 saturated heterocycles. The van der Waals surface area contributed by atoms with Crippen molar-refractivity contribution in [3.05, 3.63) is 73.3 Å². The summed E-state index contributed by atoms with van der Waals surface area (Å²) in [7, 11) is 0. The third-order valence-corrected chi connectivity index (χ3v) is 3.69. The molecule has 0 aliphatic heterocycles. The van der Waals surface area contributed by atoms with Crippen LogP contribution in [-0.2, 0) is 0 Å². The quantitative estimate of drug-likeness (QED) is 0.572. The molecular weight excluding hydrogens is 272 g/mol. The summed E-state index contributed by atoms with van der Waals surface area (Å²) < 4.78 is 2.18. The van der Waals surface area contributed by atoms with E-state index in [9.17, 15) is 0 Å². The van der Waals surface area contributed by atoms with E-state index >= 15 is 0 Å². The molecule has 0 spiro atoms. The van der Waals surface area contributed by atoms with Crippen LogP contribution in [0.15, 0.2) is 73.3 Å². The fraction of sp³-hybridized carbons (Fsp3) is 0. The van der Waals surface area contributed by atoms with Crippen LogP contribution < -0.4 is 5.73 Å². The van der Waals surface area contributed by atoms with Crippen LogP contribution in [0.3, 0.4) is 0 Å². The van der Waals surface area contributed by atoms with Crippen molar-refractivity contribution in [2.24, 2.45) is 0 Å². The zero-order valence-corrected chi connectivity index (χ0v) is 11.8. The van der Waals surface area contributed by atoms with Crippen LogP contribution in [0.1, 0.15) is 0 Å². The van der Waals surface area contributed by atoms with Crippen LogP contribution in [0.2, 0.25) is 0 Å². The molecule has 4 heteroatoms. The predicted molar refractivity (Wildman–Crippen MR) is 88.7 cm³/mol. The fourth-order valence-corrected chi connectivity index (χ4v) is 2.73. The maximum atomic E-state index is 5.94. The SMILES string of the molecule is Nc1cccc(-c2cc3cnccc3n2-c2cccnc2)c1. The van der Waals surface area contributed by atoms with Crippen molar-refractivity contribution < 1.29 is 0 Å². The molecule has 0 fully saturated rings. The molecule has 0 bridgehead atoms. The van der Waals surface area contributed by atoms with E-state index in [4.69, 9.17) is 5.73 Å². The molecular formula is C18H14N4. The van der Waals surface area contributed by atoms with Crippen LogP contribution in [0.4, 0.5) is 5.69 Å². The second-order valence-corrected chi connectivity index (χ2v) is 5.14. The minimum absolute atomic E-state index is 0.749. The van der Waals surface area contributed by atoms with E-state index in [1.807, 2.05) is 48.8 Å². The van der Waals surface area contributed by atoms with Gasteiger partial charge in [0.15, 0.2) is 0 Å². The molecule has 0 radical (unpaired) electrons. The van der Waals surface area contributed by atoms with Gasteiger partial charge in [0.2, 0.25) is 0 Å². The zero-order valence-electron chi connectivity index (χ0n) is 11.8. The number of nitrogen functional groups attached to an aromatic ring is 1. The lowest BCUT2D eigenvalue weighted by molar-refractivity contribution is 1.10. The molecule has 3 heterocycles. The topological polar surface area (TPSA) is 56.7 Å². The molecule has 1 aromatic carbocycles. The number of nitrogens with two attached hydrogens (primary N) is 1. The molecule has 0 amide bonds. The van der Waals surface area contributed by atoms with Crippen molar-refractivity contribution in [1.29, 1.82) is 0 Å². The standard InChI is InChI=1S/C18H14N4/c19-15-4-1-3-13(9-15)18-10-14-11-21-8-6-17(14)22(18)16-5-2-7-20-12-16/h1-12H,19H2. The summed E-state index contributed by atoms with van der Waals surface area (Å²) in [6.45, 7) is 0. The number of nitrogens with zero attached hydrogens (tertiary/aromatic N) is 3. The summed E-state index contributed by atoms with van der Waals surface area (Å²) in [5.41, 5.74) is 10.9. The Morgan fingerprint density at radius 1 is 0.864 bits per heavy atom. The predicted octanol–water partition coefficient (Wildman–Crippen LogP) is 3.67. The van der Waals surface area contributed by atoms with E-state index in [-0.39, 0.29) is 0 Å². The summed E-state index contributed by atoms with van der Waals surface area (Å²) >= 11 is 0. The van der Waals surface area contributed by atoms with Crippen molar-refractivity contribution in [1.82, 2.24) is 14.5 Å². The summed E-state index contributed by atoms with van der Waals surface area (Å²) in [4.78, 5) is 8.46. The lowest BCUT2D eigenvalue weighted by atomic mass is 10.1. The molecule has 3 aromatic heterocycles. The van der Waals surface area contributed by atoms with E-state index in [2.05, 4.69) is 26.7 Å². The Morgan fingerprint density at radius 3 is 2.59 bits per heavy atom. The maximum Gasteiger partial charge on any atom is 0.0645 e. The third-order valence-electron chi connectivity index (χ3n) is 3.69. The highest BCUT2D eigenvalue weighted by Crippen LogP contribution is 2.31. The van der Waals surface area contributed by atoms with Gasteiger partial charge >= 0.3 is 0 Å². The average molecular weight is 286 g/mol. The van der Waals surface area contributed by atoms with Crippen LogP contribution in [-0.4, -0.2) is 14.5 Å². The Balaban J connectivity index is 2.06. The van der Waals surface area contributed by atoms with Gasteiger partial charge < -0.3 is 10.3 Å². The lowest BCUT2D eigenvalue weighted by Gasteiger charge is -2.11. The Morgan fingerprint density at radius 2 is 1.77 bits per heavy atom. The first-order valence-corrected chi connectivity index (χ1v) is 7.05. The van der Waals surface area contributed by atoms with Crippen LogP contribution >= 0.6 is 0 Å². The second-order valence-electron chi connectivity index (χ2n) is 5.14. The number of aromatic nitrogens is 3. The summed E-state index contributed by atoms with van der Waals surface area (Å²) in [5, 5.41) is 1.09. The van der Waals surface area contributed by atoms with Crippen molar-refractivity contribution in [2.45, 2.75) is 0 Å². The van der Waals surface area contributed by atoms with E-state index < -0.39 is 0 Å². The molecule has 0 aliphatic rings. The third kappa shape index (κ3) is 2.02. The second kappa shape index (κ2) is 5.00. The maximum absolute atomic E-state index is 5.94. The number of hydrogen-bond acceptors (Lipinski definition) is 3. The van der Waals surface area contributed by atoms with Gasteiger partial charge in [-0.3, -0.25) is 9.97 Å². The van der Waals surface area contributed by atoms with Crippen LogP contribution in [0, 0.1) is 0 Å². The van der Waals surface area contributed by atoms with Crippen LogP contribution in [0.25, 0.3) is 27.8 Å². The van der Waals surface area contributed by atoms with Gasteiger partial charge in [-0.25, -0.2) is 0 Å². The van der Waals surface area contributed by atoms with E-state index in [1.165, 1.54) is 0 Å². The first kappa shape index (κ1) is 12.6. The van der Waals surface area contributed by atoms with Gasteiger partial charge in [-0.15, -0.1) is 0 Å². The van der Waals surface area contributed by atoms with Gasteiger partial charge in [0, 0.05) is 35.2 Å². The minimum atomic E-state index is 0.749. The number of rotatable bonds is 2. The molecule has 106 valence electrons. The first-order valence-electron chi connectivity index (χ1n) is 7.05. The Kier molecular flexibility index (Phi) is 2.86. The minimum Gasteiger partial charge on any atom is -0.399 e. The summed E-state index contributed by atoms with van der Waals surface area (Å²) in [6, 6.07) is 16.0. The van der Waals surface area contributed by atoms with Gasteiger partial charge in [-0.2, -0.15) is 0 Å². The number of pyridine rings is 2. The van der Waals surface area contributed by atoms with Crippen molar-refractivity contribution in [2.75, 3.05) is 5.73 Å². The number of fused-ring (bicyclic) bond motifs is 1. The number of hydrogen-bond donors (Lipinski definition) is 1. The van der Waals surface area contributed by atoms with Gasteiger partial charge in [0.05, 0.1) is 23.1 Å². The average Bonchev–Trinajstić information content (AvgIpc) is 2.95.